The number of alkyl halides is 1. The van der Waals surface area contributed by atoms with E-state index in [1.807, 2.05) is 52.9 Å². The van der Waals surface area contributed by atoms with E-state index in [2.05, 4.69) is 4.74 Å². The lowest BCUT2D eigenvalue weighted by Crippen LogP contribution is -2.24. The minimum absolute atomic E-state index is 0.265. The number of benzene rings is 1. The maximum Gasteiger partial charge on any atom is 0.321 e. The molecule has 0 heterocycles. The van der Waals surface area contributed by atoms with Gasteiger partial charge in [0.2, 0.25) is 0 Å². The summed E-state index contributed by atoms with van der Waals surface area (Å²) in [6, 6.07) is 9.63. The number of hydrogen-bond acceptors (Lipinski definition) is 3. The van der Waals surface area contributed by atoms with Crippen LogP contribution >= 0.6 is 22.6 Å². The quantitative estimate of drug-likeness (QED) is 0.485. The maximum atomic E-state index is 11.4. The molecule has 0 fully saturated rings. The molecule has 4 heteroatoms. The van der Waals surface area contributed by atoms with Gasteiger partial charge in [-0.05, 0) is 5.56 Å². The second-order valence-corrected chi connectivity index (χ2v) is 4.33. The second kappa shape index (κ2) is 6.07. The summed E-state index contributed by atoms with van der Waals surface area (Å²) in [6.45, 7) is 0. The van der Waals surface area contributed by atoms with Gasteiger partial charge >= 0.3 is 5.97 Å². The third-order valence-corrected chi connectivity index (χ3v) is 3.24. The normalized spacial score (nSPS) is 14.3. The summed E-state index contributed by atoms with van der Waals surface area (Å²) in [7, 11) is 2.97. The van der Waals surface area contributed by atoms with E-state index in [1.54, 1.807) is 7.11 Å². The highest BCUT2D eigenvalue weighted by molar-refractivity contribution is 14.1. The summed E-state index contributed by atoms with van der Waals surface area (Å²) in [5.74, 6) is -0.272. The van der Waals surface area contributed by atoms with Gasteiger partial charge in [-0.25, -0.2) is 0 Å². The van der Waals surface area contributed by atoms with Crippen LogP contribution in [0.15, 0.2) is 30.3 Å². The van der Waals surface area contributed by atoms with Gasteiger partial charge in [0.15, 0.2) is 0 Å². The third kappa shape index (κ3) is 3.17. The van der Waals surface area contributed by atoms with Crippen molar-refractivity contribution in [1.29, 1.82) is 0 Å². The molecule has 0 aliphatic carbocycles. The van der Waals surface area contributed by atoms with E-state index in [4.69, 9.17) is 4.74 Å². The molecule has 15 heavy (non-hydrogen) atoms. The molecule has 0 spiro atoms. The number of ether oxygens (including phenoxy) is 2. The molecule has 0 radical (unpaired) electrons. The van der Waals surface area contributed by atoms with Gasteiger partial charge in [-0.15, -0.1) is 0 Å². The van der Waals surface area contributed by atoms with Gasteiger partial charge in [0.05, 0.1) is 7.11 Å². The number of carbonyl (C=O) groups is 1. The molecule has 1 rings (SSSR count). The Bertz CT molecular complexity index is 313. The first kappa shape index (κ1) is 12.4. The summed E-state index contributed by atoms with van der Waals surface area (Å²) in [6.07, 6.45) is -0.265. The van der Waals surface area contributed by atoms with Crippen molar-refractivity contribution in [2.24, 2.45) is 0 Å². The minimum atomic E-state index is -0.333. The van der Waals surface area contributed by atoms with Crippen molar-refractivity contribution in [3.05, 3.63) is 35.9 Å². The van der Waals surface area contributed by atoms with Crippen LogP contribution in [0.5, 0.6) is 0 Å². The van der Waals surface area contributed by atoms with Crippen molar-refractivity contribution in [2.75, 3.05) is 14.2 Å². The molecule has 3 nitrogen and oxygen atoms in total. The molecule has 82 valence electrons. The van der Waals surface area contributed by atoms with Gasteiger partial charge in [-0.3, -0.25) is 4.79 Å². The van der Waals surface area contributed by atoms with Crippen LogP contribution in [0.25, 0.3) is 0 Å². The largest absolute Gasteiger partial charge is 0.468 e. The predicted molar refractivity (Wildman–Crippen MR) is 66.0 cm³/mol. The van der Waals surface area contributed by atoms with Crippen LogP contribution in [-0.2, 0) is 14.3 Å². The maximum absolute atomic E-state index is 11.4. The Morgan fingerprint density at radius 2 is 1.87 bits per heavy atom. The predicted octanol–water partition coefficient (Wildman–Crippen LogP) is 2.35. The molecule has 2 atom stereocenters. The van der Waals surface area contributed by atoms with Crippen molar-refractivity contribution in [2.45, 2.75) is 10.0 Å². The molecule has 0 saturated carbocycles. The van der Waals surface area contributed by atoms with Gasteiger partial charge in [0.25, 0.3) is 0 Å². The van der Waals surface area contributed by atoms with E-state index < -0.39 is 0 Å². The van der Waals surface area contributed by atoms with Crippen LogP contribution < -0.4 is 0 Å². The van der Waals surface area contributed by atoms with E-state index in [1.165, 1.54) is 7.11 Å². The van der Waals surface area contributed by atoms with Gasteiger partial charge in [-0.2, -0.15) is 0 Å². The third-order valence-electron chi connectivity index (χ3n) is 2.07. The lowest BCUT2D eigenvalue weighted by atomic mass is 10.1. The van der Waals surface area contributed by atoms with Crippen LogP contribution in [0.1, 0.15) is 11.7 Å². The molecule has 0 aliphatic rings. The topological polar surface area (TPSA) is 35.5 Å². The van der Waals surface area contributed by atoms with E-state index >= 15 is 0 Å². The van der Waals surface area contributed by atoms with E-state index in [-0.39, 0.29) is 16.0 Å². The Labute approximate surface area is 103 Å². The fourth-order valence-corrected chi connectivity index (χ4v) is 2.27. The van der Waals surface area contributed by atoms with Crippen LogP contribution in [0, 0.1) is 0 Å². The van der Waals surface area contributed by atoms with Crippen molar-refractivity contribution < 1.29 is 14.3 Å². The SMILES string of the molecule is COC(=O)[C@H](I)[C@H](OC)c1ccccc1. The Kier molecular flexibility index (Phi) is 5.04. The highest BCUT2D eigenvalue weighted by Crippen LogP contribution is 2.26. The molecule has 1 aromatic rings. The van der Waals surface area contributed by atoms with Crippen LogP contribution in [-0.4, -0.2) is 24.1 Å². The smallest absolute Gasteiger partial charge is 0.321 e. The van der Waals surface area contributed by atoms with E-state index in [9.17, 15) is 4.79 Å². The fourth-order valence-electron chi connectivity index (χ4n) is 1.30. The Balaban J connectivity index is 2.85. The van der Waals surface area contributed by atoms with Crippen molar-refractivity contribution in [1.82, 2.24) is 0 Å². The standard InChI is InChI=1S/C11H13IO3/c1-14-10(9(12)11(13)15-2)8-6-4-3-5-7-8/h3-7,9-10H,1-2H3/t9-,10-/m1/s1. The monoisotopic (exact) mass is 320 g/mol. The first-order valence-corrected chi connectivity index (χ1v) is 5.75. The first-order chi connectivity index (χ1) is 7.20. The zero-order valence-electron chi connectivity index (χ0n) is 8.64. The Morgan fingerprint density at radius 3 is 2.33 bits per heavy atom. The summed E-state index contributed by atoms with van der Waals surface area (Å²) in [5.41, 5.74) is 0.977. The zero-order valence-corrected chi connectivity index (χ0v) is 10.8. The number of esters is 1. The molecule has 0 saturated heterocycles. The second-order valence-electron chi connectivity index (χ2n) is 2.99. The summed E-state index contributed by atoms with van der Waals surface area (Å²) < 4.78 is 9.67. The van der Waals surface area contributed by atoms with Gasteiger partial charge in [0, 0.05) is 7.11 Å². The average molecular weight is 320 g/mol. The van der Waals surface area contributed by atoms with Crippen LogP contribution in [0.4, 0.5) is 0 Å². The van der Waals surface area contributed by atoms with Crippen molar-refractivity contribution in [3.8, 4) is 0 Å². The molecule has 1 aromatic carbocycles. The Hall–Kier alpha value is -0.620. The van der Waals surface area contributed by atoms with E-state index in [0.29, 0.717) is 0 Å². The lowest BCUT2D eigenvalue weighted by molar-refractivity contribution is -0.142. The van der Waals surface area contributed by atoms with Crippen molar-refractivity contribution >= 4 is 28.6 Å². The number of hydrogen-bond donors (Lipinski definition) is 0. The van der Waals surface area contributed by atoms with Crippen LogP contribution in [0.2, 0.25) is 0 Å². The molecular formula is C11H13IO3. The summed E-state index contributed by atoms with van der Waals surface area (Å²) >= 11 is 2.03. The van der Waals surface area contributed by atoms with Crippen molar-refractivity contribution in [3.63, 3.8) is 0 Å². The fraction of sp³-hybridized carbons (Fsp3) is 0.364. The molecule has 0 amide bonds. The molecule has 0 unspecified atom stereocenters. The van der Waals surface area contributed by atoms with Gasteiger partial charge in [-0.1, -0.05) is 52.9 Å². The molecule has 0 N–H and O–H groups in total. The average Bonchev–Trinajstić information content (AvgIpc) is 2.30. The minimum Gasteiger partial charge on any atom is -0.468 e. The lowest BCUT2D eigenvalue weighted by Gasteiger charge is -2.19. The molecule has 0 aliphatic heterocycles. The highest BCUT2D eigenvalue weighted by atomic mass is 127. The van der Waals surface area contributed by atoms with Crippen LogP contribution in [0.3, 0.4) is 0 Å². The molecule has 0 aromatic heterocycles. The number of rotatable bonds is 4. The number of methoxy groups -OCH3 is 2. The summed E-state index contributed by atoms with van der Waals surface area (Å²) in [4.78, 5) is 11.4. The molecular weight excluding hydrogens is 307 g/mol. The first-order valence-electron chi connectivity index (χ1n) is 4.50. The van der Waals surface area contributed by atoms with Gasteiger partial charge in [0.1, 0.15) is 10.0 Å². The number of halogens is 1. The molecule has 0 bridgehead atoms. The number of carbonyl (C=O) groups excluding carboxylic acids is 1. The Morgan fingerprint density at radius 1 is 1.27 bits per heavy atom. The van der Waals surface area contributed by atoms with Gasteiger partial charge < -0.3 is 9.47 Å². The van der Waals surface area contributed by atoms with E-state index in [0.717, 1.165) is 5.56 Å². The highest BCUT2D eigenvalue weighted by Gasteiger charge is 2.27. The zero-order chi connectivity index (χ0) is 11.3. The summed E-state index contributed by atoms with van der Waals surface area (Å²) in [5, 5.41) is 0.